The van der Waals surface area contributed by atoms with Gasteiger partial charge in [0.1, 0.15) is 6.04 Å². The van der Waals surface area contributed by atoms with Crippen molar-refractivity contribution in [3.63, 3.8) is 0 Å². The van der Waals surface area contributed by atoms with Crippen LogP contribution in [0, 0.1) is 0 Å². The van der Waals surface area contributed by atoms with Crippen molar-refractivity contribution in [2.24, 2.45) is 5.73 Å². The van der Waals surface area contributed by atoms with Gasteiger partial charge in [-0.3, -0.25) is 4.79 Å². The molecule has 0 amide bonds. The largest absolute Gasteiger partial charge is 0.490 e. The highest BCUT2D eigenvalue weighted by molar-refractivity contribution is 5.73. The monoisotopic (exact) mass is 317 g/mol. The Labute approximate surface area is 106 Å². The van der Waals surface area contributed by atoms with Gasteiger partial charge in [-0.2, -0.15) is 26.3 Å². The van der Waals surface area contributed by atoms with Crippen LogP contribution in [0.2, 0.25) is 0 Å². The molecule has 0 fully saturated rings. The van der Waals surface area contributed by atoms with E-state index in [0.717, 1.165) is 0 Å². The third kappa shape index (κ3) is 18.3. The number of carboxylic acid groups (broad SMARTS) is 3. The number of hydrogen-bond acceptors (Lipinski definition) is 4. The molecule has 0 rings (SSSR count). The first-order valence-electron chi connectivity index (χ1n) is 4.12. The molecule has 0 heterocycles. The highest BCUT2D eigenvalue weighted by atomic mass is 19.4. The highest BCUT2D eigenvalue weighted by Gasteiger charge is 2.38. The van der Waals surface area contributed by atoms with E-state index in [4.69, 9.17) is 30.6 Å². The van der Waals surface area contributed by atoms with E-state index in [1.54, 1.807) is 0 Å². The molecule has 0 aromatic carbocycles. The molecule has 120 valence electrons. The molecular formula is C7H9F6NO6. The van der Waals surface area contributed by atoms with E-state index in [9.17, 15) is 31.1 Å². The van der Waals surface area contributed by atoms with E-state index >= 15 is 0 Å². The Morgan fingerprint density at radius 2 is 0.950 bits per heavy atom. The maximum atomic E-state index is 10.6. The van der Waals surface area contributed by atoms with Gasteiger partial charge in [-0.05, 0) is 6.92 Å². The Morgan fingerprint density at radius 1 is 0.850 bits per heavy atom. The summed E-state index contributed by atoms with van der Waals surface area (Å²) in [5, 5.41) is 22.1. The normalized spacial score (nSPS) is 12.0. The van der Waals surface area contributed by atoms with Crippen molar-refractivity contribution < 1.29 is 56.0 Å². The van der Waals surface area contributed by atoms with Gasteiger partial charge in [-0.15, -0.1) is 0 Å². The summed E-state index contributed by atoms with van der Waals surface area (Å²) in [4.78, 5) is 27.4. The molecule has 20 heavy (non-hydrogen) atoms. The lowest BCUT2D eigenvalue weighted by Gasteiger charge is -1.93. The van der Waals surface area contributed by atoms with Crippen LogP contribution in [0.15, 0.2) is 0 Å². The molecule has 0 aromatic heterocycles. The average molecular weight is 317 g/mol. The van der Waals surface area contributed by atoms with Crippen molar-refractivity contribution in [2.75, 3.05) is 0 Å². The zero-order chi connectivity index (χ0) is 17.3. The van der Waals surface area contributed by atoms with Crippen molar-refractivity contribution in [2.45, 2.75) is 25.3 Å². The first-order valence-corrected chi connectivity index (χ1v) is 4.12. The maximum absolute atomic E-state index is 10.6. The molecule has 0 aliphatic rings. The summed E-state index contributed by atoms with van der Waals surface area (Å²) in [5.74, 6) is -6.48. The predicted octanol–water partition coefficient (Wildman–Crippen LogP) is 0.685. The van der Waals surface area contributed by atoms with Crippen molar-refractivity contribution >= 4 is 17.9 Å². The summed E-state index contributed by atoms with van der Waals surface area (Å²) < 4.78 is 63.5. The lowest BCUT2D eigenvalue weighted by Crippen LogP contribution is -2.25. The minimum absolute atomic E-state index is 0.731. The Morgan fingerprint density at radius 3 is 0.950 bits per heavy atom. The summed E-state index contributed by atoms with van der Waals surface area (Å²) in [6, 6.07) is -0.731. The second-order valence-corrected chi connectivity index (χ2v) is 2.73. The fraction of sp³-hybridized carbons (Fsp3) is 0.571. The maximum Gasteiger partial charge on any atom is 0.490 e. The van der Waals surface area contributed by atoms with Crippen LogP contribution in [0.5, 0.6) is 0 Å². The van der Waals surface area contributed by atoms with Gasteiger partial charge in [0.25, 0.3) is 0 Å². The minimum atomic E-state index is -5.08. The van der Waals surface area contributed by atoms with Gasteiger partial charge in [0.05, 0.1) is 0 Å². The van der Waals surface area contributed by atoms with E-state index in [1.165, 1.54) is 6.92 Å². The molecule has 0 radical (unpaired) electrons. The van der Waals surface area contributed by atoms with Gasteiger partial charge in [0, 0.05) is 0 Å². The van der Waals surface area contributed by atoms with Crippen LogP contribution >= 0.6 is 0 Å². The van der Waals surface area contributed by atoms with E-state index < -0.39 is 36.3 Å². The number of hydrogen-bond donors (Lipinski definition) is 4. The summed E-state index contributed by atoms with van der Waals surface area (Å²) in [6.07, 6.45) is -10.2. The average Bonchev–Trinajstić information content (AvgIpc) is 2.15. The molecule has 13 heteroatoms. The molecule has 0 saturated heterocycles. The molecular weight excluding hydrogens is 308 g/mol. The molecule has 7 nitrogen and oxygen atoms in total. The quantitative estimate of drug-likeness (QED) is 0.522. The standard InChI is InChI=1S/C3H7NO2.2C2HF3O2/c1-2(4)3(5)6;2*3-2(4,5)1(6)7/h2H,4H2,1H3,(H,5,6);2*(H,6,7)/t2-;;/m1../s1. The van der Waals surface area contributed by atoms with Crippen molar-refractivity contribution in [1.82, 2.24) is 0 Å². The van der Waals surface area contributed by atoms with Crippen molar-refractivity contribution in [3.8, 4) is 0 Å². The number of carboxylic acids is 3. The summed E-state index contributed by atoms with van der Waals surface area (Å²) in [7, 11) is 0. The van der Waals surface area contributed by atoms with Crippen molar-refractivity contribution in [3.05, 3.63) is 0 Å². The lowest BCUT2D eigenvalue weighted by molar-refractivity contribution is -0.193. The van der Waals surface area contributed by atoms with Crippen molar-refractivity contribution in [1.29, 1.82) is 0 Å². The molecule has 0 unspecified atom stereocenters. The van der Waals surface area contributed by atoms with Gasteiger partial charge in [-0.25, -0.2) is 9.59 Å². The Bertz CT molecular complexity index is 312. The molecule has 0 spiro atoms. The number of nitrogens with two attached hydrogens (primary N) is 1. The fourth-order valence-electron chi connectivity index (χ4n) is 0. The number of halogens is 6. The molecule has 0 bridgehead atoms. The Hall–Kier alpha value is -2.05. The van der Waals surface area contributed by atoms with Crippen LogP contribution in [0.4, 0.5) is 26.3 Å². The Balaban J connectivity index is -0.000000218. The summed E-state index contributed by atoms with van der Waals surface area (Å²) >= 11 is 0. The van der Waals surface area contributed by atoms with Crippen LogP contribution in [-0.2, 0) is 14.4 Å². The topological polar surface area (TPSA) is 138 Å². The van der Waals surface area contributed by atoms with E-state index in [-0.39, 0.29) is 0 Å². The minimum Gasteiger partial charge on any atom is -0.480 e. The number of carbonyl (C=O) groups is 3. The fourth-order valence-corrected chi connectivity index (χ4v) is 0. The second kappa shape index (κ2) is 8.95. The van der Waals surface area contributed by atoms with Crippen LogP contribution < -0.4 is 5.73 Å². The third-order valence-corrected chi connectivity index (χ3v) is 0.875. The second-order valence-electron chi connectivity index (χ2n) is 2.73. The zero-order valence-corrected chi connectivity index (χ0v) is 9.49. The lowest BCUT2D eigenvalue weighted by atomic mass is 10.4. The molecule has 0 aliphatic carbocycles. The van der Waals surface area contributed by atoms with Gasteiger partial charge in [0.2, 0.25) is 0 Å². The molecule has 0 aromatic rings. The number of rotatable bonds is 1. The van der Waals surface area contributed by atoms with Crippen LogP contribution in [-0.4, -0.2) is 51.6 Å². The van der Waals surface area contributed by atoms with Crippen LogP contribution in [0.25, 0.3) is 0 Å². The Kier molecular flexibility index (Phi) is 10.3. The van der Waals surface area contributed by atoms with Gasteiger partial charge >= 0.3 is 30.3 Å². The number of alkyl halides is 6. The molecule has 5 N–H and O–H groups in total. The van der Waals surface area contributed by atoms with E-state index in [2.05, 4.69) is 0 Å². The highest BCUT2D eigenvalue weighted by Crippen LogP contribution is 2.13. The van der Waals surface area contributed by atoms with E-state index in [1.807, 2.05) is 0 Å². The molecule has 0 aliphatic heterocycles. The van der Waals surface area contributed by atoms with Gasteiger partial charge in [0.15, 0.2) is 0 Å². The smallest absolute Gasteiger partial charge is 0.480 e. The van der Waals surface area contributed by atoms with Crippen LogP contribution in [0.3, 0.4) is 0 Å². The van der Waals surface area contributed by atoms with E-state index in [0.29, 0.717) is 0 Å². The summed E-state index contributed by atoms with van der Waals surface area (Å²) in [5.41, 5.74) is 4.84. The first-order chi connectivity index (χ1) is 8.53. The van der Waals surface area contributed by atoms with Crippen LogP contribution in [0.1, 0.15) is 6.92 Å². The number of aliphatic carboxylic acids is 3. The van der Waals surface area contributed by atoms with Gasteiger partial charge in [-0.1, -0.05) is 0 Å². The van der Waals surface area contributed by atoms with Gasteiger partial charge < -0.3 is 21.1 Å². The SMILES string of the molecule is C[C@@H](N)C(=O)O.O=C(O)C(F)(F)F.O=C(O)C(F)(F)F. The third-order valence-electron chi connectivity index (χ3n) is 0.875. The molecule has 1 atom stereocenters. The predicted molar refractivity (Wildman–Crippen MR) is 48.7 cm³/mol. The summed E-state index contributed by atoms with van der Waals surface area (Å²) in [6.45, 7) is 1.42. The zero-order valence-electron chi connectivity index (χ0n) is 9.49. The molecule has 0 saturated carbocycles. The first kappa shape index (κ1) is 23.1.